The van der Waals surface area contributed by atoms with Crippen LogP contribution in [0.15, 0.2) is 30.5 Å². The molecule has 2 heterocycles. The number of hydrogen-bond donors (Lipinski definition) is 0. The quantitative estimate of drug-likeness (QED) is 0.794. The first-order valence-corrected chi connectivity index (χ1v) is 7.11. The van der Waals surface area contributed by atoms with Gasteiger partial charge in [-0.1, -0.05) is 6.07 Å². The number of pyridine rings is 1. The van der Waals surface area contributed by atoms with Crippen LogP contribution in [0.3, 0.4) is 0 Å². The predicted molar refractivity (Wildman–Crippen MR) is 80.5 cm³/mol. The molecule has 21 heavy (non-hydrogen) atoms. The van der Waals surface area contributed by atoms with Gasteiger partial charge < -0.3 is 9.47 Å². The van der Waals surface area contributed by atoms with E-state index in [9.17, 15) is 4.79 Å². The van der Waals surface area contributed by atoms with E-state index in [2.05, 4.69) is 24.9 Å². The molecule has 4 heteroatoms. The molecule has 0 saturated carbocycles. The van der Waals surface area contributed by atoms with Gasteiger partial charge in [-0.25, -0.2) is 4.79 Å². The zero-order chi connectivity index (χ0) is 15.0. The Balaban J connectivity index is 2.05. The van der Waals surface area contributed by atoms with Crippen molar-refractivity contribution in [2.45, 2.75) is 31.8 Å². The van der Waals surface area contributed by atoms with E-state index in [1.165, 1.54) is 12.7 Å². The summed E-state index contributed by atoms with van der Waals surface area (Å²) < 4.78 is 10.7. The first-order valence-electron chi connectivity index (χ1n) is 7.11. The van der Waals surface area contributed by atoms with Crippen LogP contribution in [-0.4, -0.2) is 30.3 Å². The first-order chi connectivity index (χ1) is 10.00. The third kappa shape index (κ3) is 2.63. The van der Waals surface area contributed by atoms with Gasteiger partial charge >= 0.3 is 5.97 Å². The maximum Gasteiger partial charge on any atom is 0.338 e. The number of aromatic nitrogens is 1. The van der Waals surface area contributed by atoms with E-state index >= 15 is 0 Å². The second kappa shape index (κ2) is 5.11. The summed E-state index contributed by atoms with van der Waals surface area (Å²) in [6, 6.07) is 7.78. The monoisotopic (exact) mass is 285 g/mol. The van der Waals surface area contributed by atoms with Gasteiger partial charge in [0, 0.05) is 17.5 Å². The van der Waals surface area contributed by atoms with Gasteiger partial charge in [-0.15, -0.1) is 0 Å². The molecule has 2 aromatic rings. The number of rotatable bonds is 2. The Morgan fingerprint density at radius 2 is 2.19 bits per heavy atom. The fraction of sp³-hybridized carbons (Fsp3) is 0.412. The van der Waals surface area contributed by atoms with Crippen molar-refractivity contribution >= 4 is 16.9 Å². The molecule has 0 amide bonds. The average molecular weight is 285 g/mol. The molecule has 1 aromatic carbocycles. The standard InChI is InChI=1S/C17H19NO3/c1-17(2)9-12(10-21-17)11-4-5-15-14(8-11)13(6-7-18-15)16(19)20-3/h4-8,12H,9-10H2,1-3H3/t12-/m0/s1. The summed E-state index contributed by atoms with van der Waals surface area (Å²) in [4.78, 5) is 16.2. The van der Waals surface area contributed by atoms with Crippen LogP contribution in [0.4, 0.5) is 0 Å². The van der Waals surface area contributed by atoms with Gasteiger partial charge in [-0.05, 0) is 44.0 Å². The number of carbonyl (C=O) groups excluding carboxylic acids is 1. The van der Waals surface area contributed by atoms with Crippen molar-refractivity contribution < 1.29 is 14.3 Å². The van der Waals surface area contributed by atoms with Gasteiger partial charge in [0.15, 0.2) is 0 Å². The Kier molecular flexibility index (Phi) is 3.41. The fourth-order valence-electron chi connectivity index (χ4n) is 2.96. The van der Waals surface area contributed by atoms with E-state index in [4.69, 9.17) is 9.47 Å². The second-order valence-corrected chi connectivity index (χ2v) is 6.10. The highest BCUT2D eigenvalue weighted by Crippen LogP contribution is 2.37. The SMILES string of the molecule is COC(=O)c1ccnc2ccc([C@@H]3COC(C)(C)C3)cc12. The number of esters is 1. The molecule has 0 bridgehead atoms. The van der Waals surface area contributed by atoms with E-state index < -0.39 is 0 Å². The van der Waals surface area contributed by atoms with Crippen LogP contribution in [0.25, 0.3) is 10.9 Å². The zero-order valence-corrected chi connectivity index (χ0v) is 12.6. The van der Waals surface area contributed by atoms with Gasteiger partial charge in [-0.2, -0.15) is 0 Å². The second-order valence-electron chi connectivity index (χ2n) is 6.10. The Hall–Kier alpha value is -1.94. The van der Waals surface area contributed by atoms with Crippen molar-refractivity contribution in [2.24, 2.45) is 0 Å². The van der Waals surface area contributed by atoms with Gasteiger partial charge in [0.05, 0.1) is 30.4 Å². The number of benzene rings is 1. The van der Waals surface area contributed by atoms with Crippen molar-refractivity contribution in [1.82, 2.24) is 4.98 Å². The van der Waals surface area contributed by atoms with Crippen LogP contribution in [0.2, 0.25) is 0 Å². The number of nitrogens with zero attached hydrogens (tertiary/aromatic N) is 1. The minimum Gasteiger partial charge on any atom is -0.465 e. The summed E-state index contributed by atoms with van der Waals surface area (Å²) in [5.41, 5.74) is 2.47. The molecular weight excluding hydrogens is 266 g/mol. The van der Waals surface area contributed by atoms with Gasteiger partial charge in [0.25, 0.3) is 0 Å². The summed E-state index contributed by atoms with van der Waals surface area (Å²) in [5.74, 6) is 0.0256. The molecule has 0 aliphatic carbocycles. The van der Waals surface area contributed by atoms with Gasteiger partial charge in [-0.3, -0.25) is 4.98 Å². The summed E-state index contributed by atoms with van der Waals surface area (Å²) >= 11 is 0. The van der Waals surface area contributed by atoms with Crippen LogP contribution >= 0.6 is 0 Å². The molecule has 3 rings (SSSR count). The summed E-state index contributed by atoms with van der Waals surface area (Å²) in [5, 5.41) is 0.839. The maximum absolute atomic E-state index is 11.9. The number of carbonyl (C=O) groups is 1. The van der Waals surface area contributed by atoms with Crippen LogP contribution in [0.1, 0.15) is 42.1 Å². The molecular formula is C17H19NO3. The van der Waals surface area contributed by atoms with Crippen LogP contribution in [-0.2, 0) is 9.47 Å². The maximum atomic E-state index is 11.9. The minimum absolute atomic E-state index is 0.0836. The molecule has 0 unspecified atom stereocenters. The third-order valence-corrected chi connectivity index (χ3v) is 4.06. The number of ether oxygens (including phenoxy) is 2. The lowest BCUT2D eigenvalue weighted by Crippen LogP contribution is -2.16. The van der Waals surface area contributed by atoms with Crippen molar-refractivity contribution in [2.75, 3.05) is 13.7 Å². The molecule has 1 saturated heterocycles. The van der Waals surface area contributed by atoms with Crippen LogP contribution in [0, 0.1) is 0 Å². The predicted octanol–water partition coefficient (Wildman–Crippen LogP) is 3.30. The van der Waals surface area contributed by atoms with E-state index in [1.54, 1.807) is 12.3 Å². The highest BCUT2D eigenvalue weighted by atomic mass is 16.5. The Morgan fingerprint density at radius 1 is 1.38 bits per heavy atom. The summed E-state index contributed by atoms with van der Waals surface area (Å²) in [6.45, 7) is 4.93. The lowest BCUT2D eigenvalue weighted by molar-refractivity contribution is 0.0361. The topological polar surface area (TPSA) is 48.4 Å². The van der Waals surface area contributed by atoms with Gasteiger partial charge in [0.2, 0.25) is 0 Å². The fourth-order valence-corrected chi connectivity index (χ4v) is 2.96. The highest BCUT2D eigenvalue weighted by molar-refractivity contribution is 6.03. The molecule has 0 radical (unpaired) electrons. The number of methoxy groups -OCH3 is 1. The van der Waals surface area contributed by atoms with Gasteiger partial charge in [0.1, 0.15) is 0 Å². The average Bonchev–Trinajstić information content (AvgIpc) is 2.85. The van der Waals surface area contributed by atoms with Crippen molar-refractivity contribution in [3.05, 3.63) is 41.6 Å². The van der Waals surface area contributed by atoms with E-state index in [0.717, 1.165) is 17.3 Å². The van der Waals surface area contributed by atoms with Crippen LogP contribution < -0.4 is 0 Å². The van der Waals surface area contributed by atoms with Crippen molar-refractivity contribution in [3.8, 4) is 0 Å². The van der Waals surface area contributed by atoms with Crippen molar-refractivity contribution in [3.63, 3.8) is 0 Å². The Labute approximate surface area is 124 Å². The highest BCUT2D eigenvalue weighted by Gasteiger charge is 2.32. The Bertz CT molecular complexity index is 693. The first kappa shape index (κ1) is 14.0. The number of fused-ring (bicyclic) bond motifs is 1. The molecule has 1 aliphatic heterocycles. The molecule has 4 nitrogen and oxygen atoms in total. The number of hydrogen-bond acceptors (Lipinski definition) is 4. The smallest absolute Gasteiger partial charge is 0.338 e. The molecule has 0 spiro atoms. The minimum atomic E-state index is -0.331. The molecule has 1 aliphatic rings. The van der Waals surface area contributed by atoms with E-state index in [-0.39, 0.29) is 11.6 Å². The molecule has 1 aromatic heterocycles. The molecule has 110 valence electrons. The lowest BCUT2D eigenvalue weighted by atomic mass is 9.90. The van der Waals surface area contributed by atoms with Crippen LogP contribution in [0.5, 0.6) is 0 Å². The lowest BCUT2D eigenvalue weighted by Gasteiger charge is -2.16. The zero-order valence-electron chi connectivity index (χ0n) is 12.6. The summed E-state index contributed by atoms with van der Waals surface area (Å²) in [7, 11) is 1.39. The van der Waals surface area contributed by atoms with Crippen molar-refractivity contribution in [1.29, 1.82) is 0 Å². The van der Waals surface area contributed by atoms with E-state index in [1.807, 2.05) is 12.1 Å². The molecule has 0 N–H and O–H groups in total. The molecule has 1 fully saturated rings. The normalized spacial score (nSPS) is 20.6. The molecule has 1 atom stereocenters. The largest absolute Gasteiger partial charge is 0.465 e. The third-order valence-electron chi connectivity index (χ3n) is 4.06. The Morgan fingerprint density at radius 3 is 2.86 bits per heavy atom. The van der Waals surface area contributed by atoms with E-state index in [0.29, 0.717) is 18.1 Å². The summed E-state index contributed by atoms with van der Waals surface area (Å²) in [6.07, 6.45) is 2.61.